The maximum absolute atomic E-state index is 11.0. The van der Waals surface area contributed by atoms with Crippen LogP contribution < -0.4 is 10.5 Å². The van der Waals surface area contributed by atoms with Crippen LogP contribution in [0, 0.1) is 0 Å². The van der Waals surface area contributed by atoms with E-state index in [1.807, 2.05) is 0 Å². The molecule has 0 spiro atoms. The number of carbonyl (C=O) groups is 1. The second-order valence-corrected chi connectivity index (χ2v) is 5.21. The number of halogens is 1. The summed E-state index contributed by atoms with van der Waals surface area (Å²) in [5, 5.41) is 9.51. The van der Waals surface area contributed by atoms with E-state index in [1.165, 1.54) is 0 Å². The highest BCUT2D eigenvalue weighted by Gasteiger charge is 2.08. The molecule has 1 amide bonds. The molecule has 1 unspecified atom stereocenters. The van der Waals surface area contributed by atoms with Gasteiger partial charge >= 0.3 is 0 Å². The molecule has 0 bridgehead atoms. The van der Waals surface area contributed by atoms with Crippen molar-refractivity contribution < 1.29 is 14.6 Å². The molecule has 0 aliphatic heterocycles. The van der Waals surface area contributed by atoms with Crippen LogP contribution in [0.3, 0.4) is 0 Å². The van der Waals surface area contributed by atoms with Gasteiger partial charge < -0.3 is 15.6 Å². The molecule has 3 N–H and O–H groups in total. The minimum atomic E-state index is -0.532. The Morgan fingerprint density at radius 1 is 1.25 bits per heavy atom. The fourth-order valence-electron chi connectivity index (χ4n) is 1.67. The summed E-state index contributed by atoms with van der Waals surface area (Å²) in [6.07, 6.45) is -0.532. The molecule has 2 aromatic carbocycles. The summed E-state index contributed by atoms with van der Waals surface area (Å²) < 4.78 is 6.44. The van der Waals surface area contributed by atoms with Gasteiger partial charge in [-0.3, -0.25) is 4.79 Å². The number of aliphatic hydroxyl groups excluding tert-OH is 1. The smallest absolute Gasteiger partial charge is 0.248 e. The maximum atomic E-state index is 11.0. The van der Waals surface area contributed by atoms with E-state index in [4.69, 9.17) is 10.5 Å². The number of hydrogen-bond acceptors (Lipinski definition) is 3. The fraction of sp³-hybridized carbons (Fsp3) is 0.133. The zero-order valence-corrected chi connectivity index (χ0v) is 12.4. The number of nitrogens with two attached hydrogens (primary N) is 1. The molecule has 0 saturated heterocycles. The Morgan fingerprint density at radius 3 is 2.40 bits per heavy atom. The first-order valence-electron chi connectivity index (χ1n) is 6.02. The number of aliphatic hydroxyl groups is 1. The van der Waals surface area contributed by atoms with Crippen molar-refractivity contribution in [3.63, 3.8) is 0 Å². The molecule has 5 heteroatoms. The standard InChI is InChI=1S/C15H14BrNO3/c1-9(18)11-4-7-14(13(16)8-11)20-12-5-2-10(3-6-12)15(17)19/h2-9,18H,1H3,(H2,17,19). The van der Waals surface area contributed by atoms with Crippen LogP contribution in [0.1, 0.15) is 28.9 Å². The Balaban J connectivity index is 2.19. The van der Waals surface area contributed by atoms with Crippen LogP contribution in [0.2, 0.25) is 0 Å². The molecule has 2 aromatic rings. The van der Waals surface area contributed by atoms with Gasteiger partial charge in [0.15, 0.2) is 0 Å². The minimum absolute atomic E-state index is 0.431. The van der Waals surface area contributed by atoms with Gasteiger partial charge in [0.1, 0.15) is 11.5 Å². The first-order chi connectivity index (χ1) is 9.47. The molecule has 4 nitrogen and oxygen atoms in total. The Bertz CT molecular complexity index is 624. The summed E-state index contributed by atoms with van der Waals surface area (Å²) in [4.78, 5) is 11.0. The van der Waals surface area contributed by atoms with E-state index in [0.29, 0.717) is 17.1 Å². The lowest BCUT2D eigenvalue weighted by Crippen LogP contribution is -2.10. The van der Waals surface area contributed by atoms with E-state index in [9.17, 15) is 9.90 Å². The van der Waals surface area contributed by atoms with Crippen molar-refractivity contribution >= 4 is 21.8 Å². The summed E-state index contributed by atoms with van der Waals surface area (Å²) in [6, 6.07) is 11.9. The second kappa shape index (κ2) is 6.07. The van der Waals surface area contributed by atoms with Crippen LogP contribution in [0.25, 0.3) is 0 Å². The second-order valence-electron chi connectivity index (χ2n) is 4.36. The molecule has 0 aliphatic rings. The minimum Gasteiger partial charge on any atom is -0.456 e. The number of benzene rings is 2. The lowest BCUT2D eigenvalue weighted by Gasteiger charge is -2.11. The monoisotopic (exact) mass is 335 g/mol. The van der Waals surface area contributed by atoms with Gasteiger partial charge in [-0.15, -0.1) is 0 Å². The zero-order chi connectivity index (χ0) is 14.7. The SMILES string of the molecule is CC(O)c1ccc(Oc2ccc(C(N)=O)cc2)c(Br)c1. The van der Waals surface area contributed by atoms with Crippen molar-refractivity contribution in [2.45, 2.75) is 13.0 Å². The van der Waals surface area contributed by atoms with Crippen molar-refractivity contribution in [1.82, 2.24) is 0 Å². The van der Waals surface area contributed by atoms with Crippen molar-refractivity contribution in [1.29, 1.82) is 0 Å². The van der Waals surface area contributed by atoms with Gasteiger partial charge in [-0.05, 0) is 64.8 Å². The summed E-state index contributed by atoms with van der Waals surface area (Å²) in [5.41, 5.74) is 6.41. The van der Waals surface area contributed by atoms with Crippen molar-refractivity contribution in [2.75, 3.05) is 0 Å². The van der Waals surface area contributed by atoms with E-state index in [0.717, 1.165) is 10.0 Å². The normalized spacial score (nSPS) is 11.9. The predicted molar refractivity (Wildman–Crippen MR) is 79.8 cm³/mol. The Hall–Kier alpha value is -1.85. The molecule has 104 valence electrons. The van der Waals surface area contributed by atoms with Gasteiger partial charge in [0.2, 0.25) is 5.91 Å². The van der Waals surface area contributed by atoms with Crippen LogP contribution in [-0.4, -0.2) is 11.0 Å². The van der Waals surface area contributed by atoms with Gasteiger partial charge in [0, 0.05) is 5.56 Å². The van der Waals surface area contributed by atoms with Gasteiger partial charge in [0.05, 0.1) is 10.6 Å². The summed E-state index contributed by atoms with van der Waals surface area (Å²) in [6.45, 7) is 1.70. The average molecular weight is 336 g/mol. The third-order valence-electron chi connectivity index (χ3n) is 2.80. The molecule has 20 heavy (non-hydrogen) atoms. The molecular weight excluding hydrogens is 322 g/mol. The largest absolute Gasteiger partial charge is 0.456 e. The lowest BCUT2D eigenvalue weighted by atomic mass is 10.1. The number of primary amides is 1. The highest BCUT2D eigenvalue weighted by Crippen LogP contribution is 2.32. The first-order valence-corrected chi connectivity index (χ1v) is 6.82. The quantitative estimate of drug-likeness (QED) is 0.899. The topological polar surface area (TPSA) is 72.6 Å². The summed E-state index contributed by atoms with van der Waals surface area (Å²) in [7, 11) is 0. The fourth-order valence-corrected chi connectivity index (χ4v) is 2.15. The molecule has 0 heterocycles. The van der Waals surface area contributed by atoms with Gasteiger partial charge in [-0.2, -0.15) is 0 Å². The molecule has 0 saturated carbocycles. The van der Waals surface area contributed by atoms with E-state index in [2.05, 4.69) is 15.9 Å². The molecular formula is C15H14BrNO3. The summed E-state index contributed by atoms with van der Waals surface area (Å²) in [5.74, 6) is 0.751. The van der Waals surface area contributed by atoms with Crippen molar-refractivity contribution in [2.24, 2.45) is 5.73 Å². The van der Waals surface area contributed by atoms with E-state index < -0.39 is 12.0 Å². The molecule has 0 aliphatic carbocycles. The zero-order valence-electron chi connectivity index (χ0n) is 10.8. The van der Waals surface area contributed by atoms with E-state index in [-0.39, 0.29) is 0 Å². The third-order valence-corrected chi connectivity index (χ3v) is 3.42. The van der Waals surface area contributed by atoms with Crippen LogP contribution in [0.4, 0.5) is 0 Å². The number of hydrogen-bond donors (Lipinski definition) is 2. The first kappa shape index (κ1) is 14.6. The highest BCUT2D eigenvalue weighted by atomic mass is 79.9. The summed E-state index contributed by atoms with van der Waals surface area (Å²) >= 11 is 3.40. The van der Waals surface area contributed by atoms with Crippen LogP contribution >= 0.6 is 15.9 Å². The van der Waals surface area contributed by atoms with Gasteiger partial charge in [-0.25, -0.2) is 0 Å². The highest BCUT2D eigenvalue weighted by molar-refractivity contribution is 9.10. The molecule has 2 rings (SSSR count). The van der Waals surface area contributed by atoms with Crippen LogP contribution in [0.15, 0.2) is 46.9 Å². The van der Waals surface area contributed by atoms with Crippen molar-refractivity contribution in [3.8, 4) is 11.5 Å². The number of ether oxygens (including phenoxy) is 1. The molecule has 0 fully saturated rings. The van der Waals surface area contributed by atoms with Gasteiger partial charge in [0.25, 0.3) is 0 Å². The predicted octanol–water partition coefficient (Wildman–Crippen LogP) is 3.39. The van der Waals surface area contributed by atoms with E-state index in [1.54, 1.807) is 49.4 Å². The Morgan fingerprint density at radius 2 is 1.90 bits per heavy atom. The van der Waals surface area contributed by atoms with E-state index >= 15 is 0 Å². The molecule has 1 atom stereocenters. The lowest BCUT2D eigenvalue weighted by molar-refractivity contribution is 0.100. The number of carbonyl (C=O) groups excluding carboxylic acids is 1. The maximum Gasteiger partial charge on any atom is 0.248 e. The number of rotatable bonds is 4. The molecule has 0 radical (unpaired) electrons. The average Bonchev–Trinajstić information content (AvgIpc) is 2.41. The van der Waals surface area contributed by atoms with Crippen molar-refractivity contribution in [3.05, 3.63) is 58.1 Å². The van der Waals surface area contributed by atoms with Crippen LogP contribution in [0.5, 0.6) is 11.5 Å². The van der Waals surface area contributed by atoms with Gasteiger partial charge in [-0.1, -0.05) is 6.07 Å². The molecule has 0 aromatic heterocycles. The Kier molecular flexibility index (Phi) is 4.42. The van der Waals surface area contributed by atoms with Crippen LogP contribution in [-0.2, 0) is 0 Å². The Labute approximate surface area is 125 Å². The number of amides is 1. The third kappa shape index (κ3) is 3.37.